The average molecular weight is 695 g/mol. The van der Waals surface area contributed by atoms with E-state index in [4.69, 9.17) is 0 Å². The molecule has 7 heavy (non-hydrogen) atoms. The van der Waals surface area contributed by atoms with Gasteiger partial charge in [-0.15, -0.1) is 0 Å². The molecule has 0 amide bonds. The predicted octanol–water partition coefficient (Wildman–Crippen LogP) is 3.44. The van der Waals surface area contributed by atoms with Crippen LogP contribution in [0.25, 0.3) is 0 Å². The Labute approximate surface area is 97.9 Å². The zero-order chi connectivity index (χ0) is 0. The summed E-state index contributed by atoms with van der Waals surface area (Å²) < 4.78 is 0. The van der Waals surface area contributed by atoms with Crippen LogP contribution in [0, 0.1) is 0 Å². The van der Waals surface area contributed by atoms with Crippen LogP contribution in [-0.4, -0.2) is 0 Å². The SMILES string of the molecule is [Os+4].[Os+4].[Os+4].[P-3].[P-3].[P-3].[P-3]. The van der Waals surface area contributed by atoms with E-state index >= 15 is 0 Å². The standard InChI is InChI=1S/3Os.4P/q3*+4;4*-3. The van der Waals surface area contributed by atoms with E-state index in [0.717, 1.165) is 0 Å². The molecule has 0 bridgehead atoms. The molecule has 0 heterocycles. The molecule has 0 saturated heterocycles. The smallest absolute Gasteiger partial charge is 3.00 e. The molecule has 0 atom stereocenters. The summed E-state index contributed by atoms with van der Waals surface area (Å²) in [6, 6.07) is 0. The summed E-state index contributed by atoms with van der Waals surface area (Å²) in [4.78, 5) is 0. The molecule has 0 radical (unpaired) electrons. The fourth-order valence-corrected chi connectivity index (χ4v) is 0. The van der Waals surface area contributed by atoms with Crippen LogP contribution in [0.3, 0.4) is 0 Å². The fraction of sp³-hybridized carbons (Fsp3) is 0. The Kier molecular flexibility index (Phi) is 582. The number of hydrogen-bond donors (Lipinski definition) is 0. The summed E-state index contributed by atoms with van der Waals surface area (Å²) in [5.41, 5.74) is 0. The van der Waals surface area contributed by atoms with Crippen LogP contribution in [0.2, 0.25) is 0 Å². The van der Waals surface area contributed by atoms with Gasteiger partial charge in [0, 0.05) is 0 Å². The van der Waals surface area contributed by atoms with Gasteiger partial charge in [-0.05, 0) is 0 Å². The zero-order valence-corrected chi connectivity index (χ0v) is 14.0. The van der Waals surface area contributed by atoms with Crippen molar-refractivity contribution in [1.82, 2.24) is 0 Å². The third kappa shape index (κ3) is 42.6. The molecule has 0 spiro atoms. The normalized spacial score (nSPS) is 0. The van der Waals surface area contributed by atoms with Crippen molar-refractivity contribution >= 4 is 39.6 Å². The molecule has 0 aliphatic rings. The average Bonchev–Trinajstić information content (AvgIpc) is 0. The molecular formula is Os3P4. The summed E-state index contributed by atoms with van der Waals surface area (Å²) in [5.74, 6) is 0. The Balaban J connectivity index is 0. The molecule has 0 unspecified atom stereocenters. The topological polar surface area (TPSA) is 0 Å². The summed E-state index contributed by atoms with van der Waals surface area (Å²) in [7, 11) is 0. The molecule has 0 aliphatic carbocycles. The minimum atomic E-state index is 0. The first-order valence-electron chi connectivity index (χ1n) is 0. The molecule has 0 saturated carbocycles. The van der Waals surface area contributed by atoms with Crippen LogP contribution in [0.5, 0.6) is 0 Å². The van der Waals surface area contributed by atoms with Crippen molar-refractivity contribution in [3.05, 3.63) is 0 Å². The minimum Gasteiger partial charge on any atom is -3.00 e. The Hall–Kier alpha value is 3.63. The second kappa shape index (κ2) is 54.4. The molecular weight excluding hydrogens is 695 g/mol. The quantitative estimate of drug-likeness (QED) is 0.342. The maximum Gasteiger partial charge on any atom is 4.00 e. The maximum atomic E-state index is 0. The molecule has 0 aliphatic heterocycles. The van der Waals surface area contributed by atoms with E-state index in [1.165, 1.54) is 0 Å². The molecule has 0 aromatic carbocycles. The van der Waals surface area contributed by atoms with Crippen LogP contribution in [0.4, 0.5) is 0 Å². The van der Waals surface area contributed by atoms with Crippen molar-refractivity contribution in [1.29, 1.82) is 0 Å². The number of rotatable bonds is 0. The molecule has 0 aromatic rings. The van der Waals surface area contributed by atoms with Gasteiger partial charge in [0.05, 0.1) is 0 Å². The van der Waals surface area contributed by atoms with Gasteiger partial charge < -0.3 is 39.6 Å². The van der Waals surface area contributed by atoms with E-state index in [1.54, 1.807) is 0 Å². The van der Waals surface area contributed by atoms with Gasteiger partial charge in [-0.25, -0.2) is 0 Å². The van der Waals surface area contributed by atoms with Crippen molar-refractivity contribution in [2.24, 2.45) is 0 Å². The van der Waals surface area contributed by atoms with Crippen molar-refractivity contribution in [2.75, 3.05) is 0 Å². The predicted molar refractivity (Wildman–Crippen MR) is 27.7 cm³/mol. The van der Waals surface area contributed by atoms with Crippen LogP contribution >= 0.6 is 39.6 Å². The van der Waals surface area contributed by atoms with Crippen LogP contribution in [-0.2, 0) is 59.4 Å². The number of hydrogen-bond acceptors (Lipinski definition) is 0. The molecule has 0 rings (SSSR count). The van der Waals surface area contributed by atoms with Gasteiger partial charge in [0.15, 0.2) is 0 Å². The summed E-state index contributed by atoms with van der Waals surface area (Å²) >= 11 is 0. The van der Waals surface area contributed by atoms with Gasteiger partial charge in [0.25, 0.3) is 0 Å². The summed E-state index contributed by atoms with van der Waals surface area (Å²) in [5, 5.41) is 0. The molecule has 0 fully saturated rings. The largest absolute Gasteiger partial charge is 4.00 e. The van der Waals surface area contributed by atoms with Crippen LogP contribution in [0.15, 0.2) is 0 Å². The van der Waals surface area contributed by atoms with E-state index in [9.17, 15) is 0 Å². The first-order valence-corrected chi connectivity index (χ1v) is 0. The van der Waals surface area contributed by atoms with Crippen molar-refractivity contribution < 1.29 is 59.4 Å². The second-order valence-electron chi connectivity index (χ2n) is 0. The van der Waals surface area contributed by atoms with Crippen LogP contribution < -0.4 is 0 Å². The molecule has 44 valence electrons. The molecule has 0 aromatic heterocycles. The maximum absolute atomic E-state index is 0. The van der Waals surface area contributed by atoms with Crippen LogP contribution in [0.1, 0.15) is 0 Å². The van der Waals surface area contributed by atoms with Gasteiger partial charge in [0.1, 0.15) is 0 Å². The Bertz CT molecular complexity index is 6.90. The van der Waals surface area contributed by atoms with E-state index in [0.29, 0.717) is 0 Å². The third-order valence-corrected chi connectivity index (χ3v) is 0. The van der Waals surface area contributed by atoms with Crippen molar-refractivity contribution in [2.45, 2.75) is 0 Å². The monoisotopic (exact) mass is 700 g/mol. The summed E-state index contributed by atoms with van der Waals surface area (Å²) in [6.45, 7) is 0. The van der Waals surface area contributed by atoms with Gasteiger partial charge in [-0.3, -0.25) is 0 Å². The van der Waals surface area contributed by atoms with Crippen molar-refractivity contribution in [3.63, 3.8) is 0 Å². The van der Waals surface area contributed by atoms with Gasteiger partial charge in [-0.1, -0.05) is 0 Å². The Morgan fingerprint density at radius 2 is 0.286 bits per heavy atom. The second-order valence-corrected chi connectivity index (χ2v) is 0. The van der Waals surface area contributed by atoms with E-state index in [1.807, 2.05) is 0 Å². The van der Waals surface area contributed by atoms with E-state index < -0.39 is 0 Å². The Morgan fingerprint density at radius 3 is 0.286 bits per heavy atom. The van der Waals surface area contributed by atoms with E-state index in [2.05, 4.69) is 0 Å². The zero-order valence-electron chi connectivity index (χ0n) is 2.85. The van der Waals surface area contributed by atoms with Crippen molar-refractivity contribution in [3.8, 4) is 0 Å². The first kappa shape index (κ1) is 74.8. The molecule has 7 heteroatoms. The van der Waals surface area contributed by atoms with Gasteiger partial charge >= 0.3 is 59.4 Å². The first-order chi connectivity index (χ1) is 0. The minimum absolute atomic E-state index is 0. The Morgan fingerprint density at radius 1 is 0.286 bits per heavy atom. The summed E-state index contributed by atoms with van der Waals surface area (Å²) in [6.07, 6.45) is 0. The molecule has 0 N–H and O–H groups in total. The fourth-order valence-electron chi connectivity index (χ4n) is 0. The van der Waals surface area contributed by atoms with Gasteiger partial charge in [0.2, 0.25) is 0 Å². The van der Waals surface area contributed by atoms with Gasteiger partial charge in [-0.2, -0.15) is 0 Å². The van der Waals surface area contributed by atoms with E-state index in [-0.39, 0.29) is 99.0 Å². The third-order valence-electron chi connectivity index (χ3n) is 0. The molecule has 0 nitrogen and oxygen atoms in total.